The molecule has 2 aromatic rings. The lowest BCUT2D eigenvalue weighted by Gasteiger charge is -2.33. The first-order valence-electron chi connectivity index (χ1n) is 8.06. The van der Waals surface area contributed by atoms with Crippen molar-refractivity contribution in [3.8, 4) is 0 Å². The topological polar surface area (TPSA) is 79.6 Å². The summed E-state index contributed by atoms with van der Waals surface area (Å²) in [4.78, 5) is 4.06. The quantitative estimate of drug-likeness (QED) is 0.884. The van der Waals surface area contributed by atoms with Crippen LogP contribution in [0, 0.1) is 5.82 Å². The summed E-state index contributed by atoms with van der Waals surface area (Å²) in [5, 5.41) is 7.18. The van der Waals surface area contributed by atoms with Gasteiger partial charge in [-0.1, -0.05) is 13.8 Å². The summed E-state index contributed by atoms with van der Waals surface area (Å²) in [5.41, 5.74) is 0.958. The fraction of sp³-hybridized carbons (Fsp3) is 0.600. The van der Waals surface area contributed by atoms with Crippen LogP contribution in [0.2, 0.25) is 0 Å². The van der Waals surface area contributed by atoms with Crippen LogP contribution in [0.15, 0.2) is 12.3 Å². The molecule has 138 valence electrons. The molecule has 10 heteroatoms. The van der Waals surface area contributed by atoms with Gasteiger partial charge in [-0.25, -0.2) is 26.7 Å². The number of hydrogen-bond acceptors (Lipinski definition) is 5. The number of nitrogens with one attached hydrogen (secondary N) is 1. The predicted octanol–water partition coefficient (Wildman–Crippen LogP) is 1.78. The first-order chi connectivity index (χ1) is 11.7. The van der Waals surface area contributed by atoms with Crippen LogP contribution in [0.4, 0.5) is 14.7 Å². The second kappa shape index (κ2) is 6.49. The number of anilines is 1. The minimum atomic E-state index is -3.41. The molecule has 0 saturated carbocycles. The third-order valence-corrected chi connectivity index (χ3v) is 5.64. The molecule has 0 aromatic carbocycles. The van der Waals surface area contributed by atoms with Gasteiger partial charge >= 0.3 is 0 Å². The Morgan fingerprint density at radius 2 is 2.12 bits per heavy atom. The van der Waals surface area contributed by atoms with Gasteiger partial charge in [-0.2, -0.15) is 4.31 Å². The Morgan fingerprint density at radius 3 is 2.72 bits per heavy atom. The van der Waals surface area contributed by atoms with E-state index in [2.05, 4.69) is 15.4 Å². The van der Waals surface area contributed by atoms with E-state index in [-0.39, 0.29) is 30.5 Å². The van der Waals surface area contributed by atoms with Gasteiger partial charge in [-0.15, -0.1) is 5.10 Å². The van der Waals surface area contributed by atoms with Crippen LogP contribution in [0.25, 0.3) is 5.52 Å². The van der Waals surface area contributed by atoms with Gasteiger partial charge in [0.2, 0.25) is 16.0 Å². The fourth-order valence-electron chi connectivity index (χ4n) is 2.96. The van der Waals surface area contributed by atoms with Crippen molar-refractivity contribution in [2.75, 3.05) is 24.7 Å². The van der Waals surface area contributed by atoms with Gasteiger partial charge in [0, 0.05) is 18.8 Å². The molecular formula is C15H21F2N5O2S. The molecule has 25 heavy (non-hydrogen) atoms. The van der Waals surface area contributed by atoms with E-state index in [9.17, 15) is 17.2 Å². The molecule has 1 N–H and O–H groups in total. The minimum absolute atomic E-state index is 0.0617. The van der Waals surface area contributed by atoms with Crippen LogP contribution in [0.1, 0.15) is 31.9 Å². The fourth-order valence-corrected chi connectivity index (χ4v) is 3.81. The standard InChI is InChI=1S/C15H21F2N5O2S/c1-9(2)13-6-10(16)14-7-18-15(20-22(13)14)19-12-4-5-21(8-11(12)17)25(3,23)24/h6-7,9,11-12H,4-5,8H2,1-3H3,(H,19,20)/t11-,12-/m1/s1. The molecule has 0 spiro atoms. The predicted molar refractivity (Wildman–Crippen MR) is 90.4 cm³/mol. The van der Waals surface area contributed by atoms with E-state index in [4.69, 9.17) is 0 Å². The Labute approximate surface area is 145 Å². The minimum Gasteiger partial charge on any atom is -0.347 e. The normalized spacial score (nSPS) is 22.6. The Bertz CT molecular complexity index is 883. The van der Waals surface area contributed by atoms with Gasteiger partial charge in [0.05, 0.1) is 18.5 Å². The second-order valence-electron chi connectivity index (χ2n) is 6.63. The molecule has 2 aromatic heterocycles. The maximum Gasteiger partial charge on any atom is 0.241 e. The molecule has 1 aliphatic heterocycles. The third-order valence-electron chi connectivity index (χ3n) is 4.38. The average molecular weight is 373 g/mol. The van der Waals surface area contributed by atoms with E-state index in [1.807, 2.05) is 13.8 Å². The summed E-state index contributed by atoms with van der Waals surface area (Å²) < 4.78 is 53.9. The summed E-state index contributed by atoms with van der Waals surface area (Å²) in [5.74, 6) is -0.155. The van der Waals surface area contributed by atoms with Gasteiger partial charge < -0.3 is 5.32 Å². The van der Waals surface area contributed by atoms with Crippen molar-refractivity contribution in [3.05, 3.63) is 23.8 Å². The zero-order valence-corrected chi connectivity index (χ0v) is 15.1. The van der Waals surface area contributed by atoms with Crippen molar-refractivity contribution in [2.45, 2.75) is 38.4 Å². The molecule has 1 fully saturated rings. The lowest BCUT2D eigenvalue weighted by Crippen LogP contribution is -2.49. The molecular weight excluding hydrogens is 352 g/mol. The summed E-state index contributed by atoms with van der Waals surface area (Å²) in [6.45, 7) is 3.88. The molecule has 1 aliphatic rings. The lowest BCUT2D eigenvalue weighted by atomic mass is 10.1. The summed E-state index contributed by atoms with van der Waals surface area (Å²) in [6, 6.07) is 0.819. The van der Waals surface area contributed by atoms with Crippen molar-refractivity contribution in [1.29, 1.82) is 0 Å². The first kappa shape index (κ1) is 18.0. The highest BCUT2D eigenvalue weighted by molar-refractivity contribution is 7.88. The molecule has 3 rings (SSSR count). The molecule has 0 radical (unpaired) electrons. The number of sulfonamides is 1. The molecule has 0 aliphatic carbocycles. The third kappa shape index (κ3) is 3.59. The first-order valence-corrected chi connectivity index (χ1v) is 9.91. The Hall–Kier alpha value is -1.81. The van der Waals surface area contributed by atoms with Gasteiger partial charge in [0.25, 0.3) is 0 Å². The van der Waals surface area contributed by atoms with Crippen molar-refractivity contribution >= 4 is 21.5 Å². The Morgan fingerprint density at radius 1 is 1.40 bits per heavy atom. The number of aromatic nitrogens is 3. The van der Waals surface area contributed by atoms with E-state index >= 15 is 0 Å². The highest BCUT2D eigenvalue weighted by atomic mass is 32.2. The van der Waals surface area contributed by atoms with Gasteiger partial charge in [0.15, 0.2) is 5.82 Å². The van der Waals surface area contributed by atoms with Crippen molar-refractivity contribution in [2.24, 2.45) is 0 Å². The van der Waals surface area contributed by atoms with E-state index in [0.717, 1.165) is 10.6 Å². The number of halogens is 2. The Kier molecular flexibility index (Phi) is 4.67. The number of nitrogens with zero attached hydrogens (tertiary/aromatic N) is 4. The number of alkyl halides is 1. The van der Waals surface area contributed by atoms with Crippen LogP contribution in [0.3, 0.4) is 0 Å². The largest absolute Gasteiger partial charge is 0.347 e. The average Bonchev–Trinajstić information content (AvgIpc) is 2.85. The summed E-state index contributed by atoms with van der Waals surface area (Å²) >= 11 is 0. The SMILES string of the molecule is CC(C)c1cc(F)c2cnc(N[C@@H]3CCN(S(C)(=O)=O)C[C@H]3F)nn12. The van der Waals surface area contributed by atoms with Crippen LogP contribution >= 0.6 is 0 Å². The molecule has 1 saturated heterocycles. The molecule has 3 heterocycles. The van der Waals surface area contributed by atoms with Crippen LogP contribution in [-0.2, 0) is 10.0 Å². The van der Waals surface area contributed by atoms with Crippen molar-refractivity contribution < 1.29 is 17.2 Å². The smallest absolute Gasteiger partial charge is 0.241 e. The highest BCUT2D eigenvalue weighted by Crippen LogP contribution is 2.23. The maximum atomic E-state index is 14.3. The molecule has 0 bridgehead atoms. The molecule has 0 unspecified atom stereocenters. The summed E-state index contributed by atoms with van der Waals surface area (Å²) in [7, 11) is -3.41. The zero-order valence-electron chi connectivity index (χ0n) is 14.3. The highest BCUT2D eigenvalue weighted by Gasteiger charge is 2.33. The summed E-state index contributed by atoms with van der Waals surface area (Å²) in [6.07, 6.45) is 1.34. The zero-order chi connectivity index (χ0) is 18.4. The van der Waals surface area contributed by atoms with Gasteiger partial charge in [0.1, 0.15) is 11.7 Å². The van der Waals surface area contributed by atoms with E-state index in [0.29, 0.717) is 12.1 Å². The Balaban J connectivity index is 1.81. The van der Waals surface area contributed by atoms with E-state index in [1.54, 1.807) is 0 Å². The van der Waals surface area contributed by atoms with Crippen molar-refractivity contribution in [1.82, 2.24) is 18.9 Å². The number of rotatable bonds is 4. The number of hydrogen-bond donors (Lipinski definition) is 1. The van der Waals surface area contributed by atoms with Crippen LogP contribution < -0.4 is 5.32 Å². The monoisotopic (exact) mass is 373 g/mol. The van der Waals surface area contributed by atoms with Crippen LogP contribution in [0.5, 0.6) is 0 Å². The molecule has 0 amide bonds. The molecule has 7 nitrogen and oxygen atoms in total. The number of fused-ring (bicyclic) bond motifs is 1. The van der Waals surface area contributed by atoms with Gasteiger partial charge in [-0.05, 0) is 18.4 Å². The molecule has 2 atom stereocenters. The van der Waals surface area contributed by atoms with Crippen LogP contribution in [-0.4, -0.2) is 58.9 Å². The number of piperidine rings is 1. The van der Waals surface area contributed by atoms with E-state index in [1.165, 1.54) is 16.8 Å². The van der Waals surface area contributed by atoms with E-state index < -0.39 is 28.1 Å². The second-order valence-corrected chi connectivity index (χ2v) is 8.61. The lowest BCUT2D eigenvalue weighted by molar-refractivity contribution is 0.186. The van der Waals surface area contributed by atoms with Gasteiger partial charge in [-0.3, -0.25) is 0 Å². The maximum absolute atomic E-state index is 14.3. The van der Waals surface area contributed by atoms with Crippen molar-refractivity contribution in [3.63, 3.8) is 0 Å².